The standard InChI is InChI=1S/C29H32N3O8P/c1-5-38-41(36,39-6-2)17-7-16-31-27-14-10-22(18-25(27)26-19-23(32(34)35)11-15-28(26)31)29(30-40-20(3)33)21-8-12-24(37-4)13-9-21/h8-15,18-19H,5-7,16-17H2,1-4H3. The average Bonchev–Trinajstić information content (AvgIpc) is 3.26. The van der Waals surface area contributed by atoms with Crippen molar-refractivity contribution in [3.05, 3.63) is 81.9 Å². The zero-order valence-corrected chi connectivity index (χ0v) is 24.3. The molecule has 1 heterocycles. The van der Waals surface area contributed by atoms with Gasteiger partial charge in [0.15, 0.2) is 0 Å². The van der Waals surface area contributed by atoms with Crippen LogP contribution in [0, 0.1) is 10.1 Å². The summed E-state index contributed by atoms with van der Waals surface area (Å²) in [5, 5.41) is 17.2. The lowest BCUT2D eigenvalue weighted by molar-refractivity contribution is -0.384. The maximum absolute atomic E-state index is 13.0. The van der Waals surface area contributed by atoms with E-state index in [2.05, 4.69) is 5.16 Å². The molecule has 0 fully saturated rings. The lowest BCUT2D eigenvalue weighted by Crippen LogP contribution is -2.07. The third kappa shape index (κ3) is 6.82. The molecule has 4 aromatic rings. The highest BCUT2D eigenvalue weighted by Gasteiger charge is 2.24. The topological polar surface area (TPSA) is 131 Å². The molecule has 0 aliphatic rings. The minimum Gasteiger partial charge on any atom is -0.497 e. The maximum Gasteiger partial charge on any atom is 0.332 e. The first kappa shape index (κ1) is 29.9. The van der Waals surface area contributed by atoms with Crippen molar-refractivity contribution >= 4 is 46.8 Å². The van der Waals surface area contributed by atoms with Crippen LogP contribution in [0.4, 0.5) is 5.69 Å². The van der Waals surface area contributed by atoms with Gasteiger partial charge in [-0.05, 0) is 62.7 Å². The number of hydrogen-bond acceptors (Lipinski definition) is 9. The number of ether oxygens (including phenoxy) is 1. The minimum absolute atomic E-state index is 0.0388. The molecule has 0 saturated carbocycles. The molecular weight excluding hydrogens is 549 g/mol. The zero-order valence-electron chi connectivity index (χ0n) is 23.4. The van der Waals surface area contributed by atoms with Gasteiger partial charge in [-0.15, -0.1) is 0 Å². The third-order valence-electron chi connectivity index (χ3n) is 6.43. The summed E-state index contributed by atoms with van der Waals surface area (Å²) in [6.07, 6.45) is 0.734. The van der Waals surface area contributed by atoms with Gasteiger partial charge in [0, 0.05) is 58.5 Å². The van der Waals surface area contributed by atoms with Crippen molar-refractivity contribution in [1.29, 1.82) is 0 Å². The van der Waals surface area contributed by atoms with Crippen LogP contribution in [-0.2, 0) is 29.8 Å². The molecule has 0 spiro atoms. The molecule has 0 saturated heterocycles. The molecule has 0 N–H and O–H groups in total. The highest BCUT2D eigenvalue weighted by Crippen LogP contribution is 2.48. The van der Waals surface area contributed by atoms with Gasteiger partial charge in [0.2, 0.25) is 0 Å². The number of rotatable bonds is 13. The Hall–Kier alpha value is -4.05. The Labute approximate surface area is 237 Å². The van der Waals surface area contributed by atoms with Crippen LogP contribution in [-0.4, -0.2) is 47.7 Å². The summed E-state index contributed by atoms with van der Waals surface area (Å²) in [4.78, 5) is 27.8. The molecule has 0 unspecified atom stereocenters. The third-order valence-corrected chi connectivity index (χ3v) is 8.59. The van der Waals surface area contributed by atoms with Crippen LogP contribution in [0.3, 0.4) is 0 Å². The Kier molecular flexibility index (Phi) is 9.54. The lowest BCUT2D eigenvalue weighted by atomic mass is 10.00. The Balaban J connectivity index is 1.82. The molecule has 0 radical (unpaired) electrons. The molecule has 41 heavy (non-hydrogen) atoms. The van der Waals surface area contributed by atoms with E-state index in [1.54, 1.807) is 57.4 Å². The predicted octanol–water partition coefficient (Wildman–Crippen LogP) is 6.68. The van der Waals surface area contributed by atoms with E-state index in [-0.39, 0.29) is 25.1 Å². The van der Waals surface area contributed by atoms with Crippen molar-refractivity contribution in [3.8, 4) is 5.75 Å². The van der Waals surface area contributed by atoms with E-state index in [4.69, 9.17) is 18.6 Å². The molecule has 0 amide bonds. The summed E-state index contributed by atoms with van der Waals surface area (Å²) >= 11 is 0. The van der Waals surface area contributed by atoms with Crippen LogP contribution in [0.25, 0.3) is 21.8 Å². The van der Waals surface area contributed by atoms with Gasteiger partial charge in [0.25, 0.3) is 5.69 Å². The van der Waals surface area contributed by atoms with Gasteiger partial charge in [-0.2, -0.15) is 0 Å². The molecule has 11 nitrogen and oxygen atoms in total. The van der Waals surface area contributed by atoms with Gasteiger partial charge in [0.05, 0.1) is 31.4 Å². The number of benzene rings is 3. The van der Waals surface area contributed by atoms with Gasteiger partial charge >= 0.3 is 13.6 Å². The van der Waals surface area contributed by atoms with Crippen LogP contribution in [0.1, 0.15) is 38.3 Å². The Bertz CT molecular complexity index is 1640. The Morgan fingerprint density at radius 2 is 1.56 bits per heavy atom. The summed E-state index contributed by atoms with van der Waals surface area (Å²) in [6, 6.07) is 17.5. The molecule has 0 bridgehead atoms. The highest BCUT2D eigenvalue weighted by atomic mass is 31.2. The second kappa shape index (κ2) is 13.1. The zero-order chi connectivity index (χ0) is 29.6. The SMILES string of the molecule is CCOP(=O)(CCCn1c2ccc(C(=NOC(C)=O)c3ccc(OC)cc3)cc2c2cc([N+](=O)[O-])ccc21)OCC. The quantitative estimate of drug-likeness (QED) is 0.0561. The normalized spacial score (nSPS) is 12.1. The number of nitro benzene ring substituents is 1. The first-order valence-electron chi connectivity index (χ1n) is 13.2. The maximum atomic E-state index is 13.0. The average molecular weight is 582 g/mol. The fourth-order valence-corrected chi connectivity index (χ4v) is 6.36. The first-order chi connectivity index (χ1) is 19.7. The van der Waals surface area contributed by atoms with Gasteiger partial charge in [-0.25, -0.2) is 4.79 Å². The van der Waals surface area contributed by atoms with Gasteiger partial charge in [0.1, 0.15) is 11.5 Å². The van der Waals surface area contributed by atoms with Crippen LogP contribution in [0.15, 0.2) is 65.8 Å². The van der Waals surface area contributed by atoms with Crippen molar-refractivity contribution in [3.63, 3.8) is 0 Å². The van der Waals surface area contributed by atoms with E-state index in [0.717, 1.165) is 16.4 Å². The molecule has 216 valence electrons. The largest absolute Gasteiger partial charge is 0.497 e. The number of carbonyl (C=O) groups is 1. The number of nitrogens with zero attached hydrogens (tertiary/aromatic N) is 3. The van der Waals surface area contributed by atoms with E-state index >= 15 is 0 Å². The fraction of sp³-hybridized carbons (Fsp3) is 0.310. The summed E-state index contributed by atoms with van der Waals surface area (Å²) in [7, 11) is -1.66. The number of nitro groups is 1. The van der Waals surface area contributed by atoms with E-state index in [9.17, 15) is 19.5 Å². The molecule has 1 aromatic heterocycles. The number of non-ortho nitro benzene ring substituents is 1. The van der Waals surface area contributed by atoms with Gasteiger partial charge in [-0.3, -0.25) is 14.7 Å². The number of methoxy groups -OCH3 is 1. The second-order valence-electron chi connectivity index (χ2n) is 9.12. The number of carbonyl (C=O) groups excluding carboxylic acids is 1. The van der Waals surface area contributed by atoms with Crippen molar-refractivity contribution in [2.24, 2.45) is 5.16 Å². The fourth-order valence-electron chi connectivity index (χ4n) is 4.71. The Morgan fingerprint density at radius 3 is 2.15 bits per heavy atom. The van der Waals surface area contributed by atoms with Crippen LogP contribution >= 0.6 is 7.60 Å². The number of aromatic nitrogens is 1. The highest BCUT2D eigenvalue weighted by molar-refractivity contribution is 7.53. The molecule has 4 rings (SSSR count). The Morgan fingerprint density at radius 1 is 0.951 bits per heavy atom. The number of aryl methyl sites for hydroxylation is 1. The van der Waals surface area contributed by atoms with E-state index in [1.807, 2.05) is 22.8 Å². The first-order valence-corrected chi connectivity index (χ1v) is 14.9. The van der Waals surface area contributed by atoms with Crippen molar-refractivity contribution in [2.45, 2.75) is 33.7 Å². The van der Waals surface area contributed by atoms with E-state index in [0.29, 0.717) is 40.9 Å². The molecule has 12 heteroatoms. The summed E-state index contributed by atoms with van der Waals surface area (Å²) in [5.74, 6) is 0.0883. The molecule has 3 aromatic carbocycles. The van der Waals surface area contributed by atoms with Crippen molar-refractivity contribution in [1.82, 2.24) is 4.57 Å². The second-order valence-corrected chi connectivity index (χ2v) is 11.3. The van der Waals surface area contributed by atoms with Crippen molar-refractivity contribution in [2.75, 3.05) is 26.5 Å². The number of oxime groups is 1. The molecule has 0 atom stereocenters. The number of hydrogen-bond donors (Lipinski definition) is 0. The monoisotopic (exact) mass is 581 g/mol. The lowest BCUT2D eigenvalue weighted by Gasteiger charge is -2.17. The van der Waals surface area contributed by atoms with Gasteiger partial charge < -0.3 is 23.2 Å². The number of fused-ring (bicyclic) bond motifs is 3. The summed E-state index contributed by atoms with van der Waals surface area (Å²) in [5.41, 5.74) is 3.31. The molecule has 0 aliphatic heterocycles. The minimum atomic E-state index is -3.22. The van der Waals surface area contributed by atoms with Crippen LogP contribution < -0.4 is 4.74 Å². The van der Waals surface area contributed by atoms with Crippen LogP contribution in [0.2, 0.25) is 0 Å². The molecular formula is C29H32N3O8P. The van der Waals surface area contributed by atoms with E-state index < -0.39 is 18.5 Å². The van der Waals surface area contributed by atoms with E-state index in [1.165, 1.54) is 13.0 Å². The summed E-state index contributed by atoms with van der Waals surface area (Å²) < 4.78 is 31.2. The predicted molar refractivity (Wildman–Crippen MR) is 157 cm³/mol. The summed E-state index contributed by atoms with van der Waals surface area (Å²) in [6.45, 7) is 5.85. The van der Waals surface area contributed by atoms with Crippen LogP contribution in [0.5, 0.6) is 5.75 Å². The van der Waals surface area contributed by atoms with Crippen molar-refractivity contribution < 1.29 is 32.9 Å². The smallest absolute Gasteiger partial charge is 0.332 e. The molecule has 0 aliphatic carbocycles. The van der Waals surface area contributed by atoms with Gasteiger partial charge in [-0.1, -0.05) is 11.2 Å².